The molecule has 7 heteroatoms. The van der Waals surface area contributed by atoms with Crippen molar-refractivity contribution in [2.24, 2.45) is 7.05 Å². The molecule has 2 aromatic carbocycles. The van der Waals surface area contributed by atoms with Crippen LogP contribution in [0, 0.1) is 0 Å². The average Bonchev–Trinajstić information content (AvgIpc) is 2.78. The summed E-state index contributed by atoms with van der Waals surface area (Å²) in [4.78, 5) is 12.2. The van der Waals surface area contributed by atoms with Crippen molar-refractivity contribution in [2.45, 2.75) is 0 Å². The molecule has 3 rings (SSSR count). The van der Waals surface area contributed by atoms with Crippen LogP contribution in [0.2, 0.25) is 0 Å². The molecule has 1 aromatic heterocycles. The lowest BCUT2D eigenvalue weighted by molar-refractivity contribution is -0.673. The predicted molar refractivity (Wildman–Crippen MR) is 117 cm³/mol. The highest BCUT2D eigenvalue weighted by molar-refractivity contribution is 5.92. The summed E-state index contributed by atoms with van der Waals surface area (Å²) < 4.78 is 18.2. The molecule has 0 aliphatic heterocycles. The van der Waals surface area contributed by atoms with Gasteiger partial charge in [-0.25, -0.2) is 4.57 Å². The Bertz CT molecular complexity index is 1040. The van der Waals surface area contributed by atoms with E-state index in [0.29, 0.717) is 17.2 Å². The standard InChI is InChI=1S/C24H24N2O4.HI/c1-26-15-5-4-6-20(26)11-7-18-8-14-22(23(16-18)29-3)30-17-24(27)25-19-9-12-21(28-2)13-10-19;/h4-16H,17H2,1-3H3;1H/b11-7+;. The van der Waals surface area contributed by atoms with Gasteiger partial charge in [0.1, 0.15) is 12.8 Å². The smallest absolute Gasteiger partial charge is 0.262 e. The van der Waals surface area contributed by atoms with Crippen molar-refractivity contribution < 1.29 is 47.5 Å². The summed E-state index contributed by atoms with van der Waals surface area (Å²) in [7, 11) is 5.16. The monoisotopic (exact) mass is 532 g/mol. The van der Waals surface area contributed by atoms with E-state index in [0.717, 1.165) is 17.0 Å². The van der Waals surface area contributed by atoms with E-state index in [2.05, 4.69) is 5.32 Å². The molecule has 0 atom stereocenters. The van der Waals surface area contributed by atoms with Crippen LogP contribution in [0.1, 0.15) is 11.3 Å². The van der Waals surface area contributed by atoms with Crippen molar-refractivity contribution in [2.75, 3.05) is 26.1 Å². The van der Waals surface area contributed by atoms with E-state index >= 15 is 0 Å². The SMILES string of the molecule is COc1ccc(NC(=O)COc2ccc(/C=C/c3cccc[n+]3C)cc2OC)cc1.[I-]. The van der Waals surface area contributed by atoms with Crippen molar-refractivity contribution in [1.82, 2.24) is 0 Å². The third-order valence-corrected chi connectivity index (χ3v) is 4.46. The first kappa shape index (κ1) is 24.2. The number of carbonyl (C=O) groups is 1. The van der Waals surface area contributed by atoms with Crippen LogP contribution in [-0.2, 0) is 11.8 Å². The van der Waals surface area contributed by atoms with E-state index in [1.807, 2.05) is 60.3 Å². The second-order valence-corrected chi connectivity index (χ2v) is 6.55. The number of anilines is 1. The first-order valence-corrected chi connectivity index (χ1v) is 9.46. The Kier molecular flexibility index (Phi) is 9.33. The van der Waals surface area contributed by atoms with Crippen LogP contribution < -0.4 is 48.1 Å². The Morgan fingerprint density at radius 2 is 1.74 bits per heavy atom. The lowest BCUT2D eigenvalue weighted by atomic mass is 10.1. The van der Waals surface area contributed by atoms with E-state index < -0.39 is 0 Å². The second kappa shape index (κ2) is 11.9. The van der Waals surface area contributed by atoms with E-state index in [1.165, 1.54) is 0 Å². The number of aryl methyl sites for hydroxylation is 1. The molecule has 162 valence electrons. The van der Waals surface area contributed by atoms with Gasteiger partial charge in [0.2, 0.25) is 5.69 Å². The van der Waals surface area contributed by atoms with Gasteiger partial charge in [-0.05, 0) is 54.1 Å². The molecule has 0 fully saturated rings. The molecule has 1 amide bonds. The molecule has 0 radical (unpaired) electrons. The second-order valence-electron chi connectivity index (χ2n) is 6.55. The summed E-state index contributed by atoms with van der Waals surface area (Å²) in [6.45, 7) is -0.128. The summed E-state index contributed by atoms with van der Waals surface area (Å²) in [5, 5.41) is 2.78. The summed E-state index contributed by atoms with van der Waals surface area (Å²) >= 11 is 0. The van der Waals surface area contributed by atoms with Gasteiger partial charge in [-0.1, -0.05) is 6.07 Å². The van der Waals surface area contributed by atoms with Gasteiger partial charge in [0, 0.05) is 23.9 Å². The number of aromatic nitrogens is 1. The Morgan fingerprint density at radius 3 is 2.42 bits per heavy atom. The van der Waals surface area contributed by atoms with Crippen LogP contribution >= 0.6 is 0 Å². The maximum Gasteiger partial charge on any atom is 0.262 e. The van der Waals surface area contributed by atoms with E-state index in [-0.39, 0.29) is 36.5 Å². The van der Waals surface area contributed by atoms with Gasteiger partial charge in [-0.2, -0.15) is 0 Å². The predicted octanol–water partition coefficient (Wildman–Crippen LogP) is 0.720. The number of amides is 1. The van der Waals surface area contributed by atoms with Gasteiger partial charge in [-0.3, -0.25) is 4.79 Å². The van der Waals surface area contributed by atoms with Crippen molar-refractivity contribution in [1.29, 1.82) is 0 Å². The Balaban J connectivity index is 0.00000341. The number of benzene rings is 2. The van der Waals surface area contributed by atoms with Crippen molar-refractivity contribution in [3.63, 3.8) is 0 Å². The Hall–Kier alpha value is -3.07. The zero-order chi connectivity index (χ0) is 21.3. The lowest BCUT2D eigenvalue weighted by Gasteiger charge is -2.12. The van der Waals surface area contributed by atoms with Crippen LogP contribution in [0.3, 0.4) is 0 Å². The van der Waals surface area contributed by atoms with Crippen molar-refractivity contribution in [3.8, 4) is 17.2 Å². The molecule has 0 aliphatic carbocycles. The highest BCUT2D eigenvalue weighted by Gasteiger charge is 2.09. The fourth-order valence-corrected chi connectivity index (χ4v) is 2.81. The minimum Gasteiger partial charge on any atom is -1.00 e. The van der Waals surface area contributed by atoms with Crippen LogP contribution in [0.4, 0.5) is 5.69 Å². The number of hydrogen-bond acceptors (Lipinski definition) is 4. The van der Waals surface area contributed by atoms with Gasteiger partial charge in [-0.15, -0.1) is 0 Å². The molecule has 3 aromatic rings. The Labute approximate surface area is 199 Å². The largest absolute Gasteiger partial charge is 1.00 e. The zero-order valence-corrected chi connectivity index (χ0v) is 19.8. The van der Waals surface area contributed by atoms with Crippen molar-refractivity contribution in [3.05, 3.63) is 78.1 Å². The zero-order valence-electron chi connectivity index (χ0n) is 17.7. The maximum absolute atomic E-state index is 12.2. The number of methoxy groups -OCH3 is 2. The molecular formula is C24H25IN2O4. The first-order valence-electron chi connectivity index (χ1n) is 9.46. The fraction of sp³-hybridized carbons (Fsp3) is 0.167. The molecule has 0 saturated carbocycles. The molecule has 0 spiro atoms. The molecule has 31 heavy (non-hydrogen) atoms. The van der Waals surface area contributed by atoms with Crippen LogP contribution in [0.25, 0.3) is 12.2 Å². The summed E-state index contributed by atoms with van der Waals surface area (Å²) in [6, 6.07) is 18.7. The number of ether oxygens (including phenoxy) is 3. The molecule has 0 bridgehead atoms. The third-order valence-electron chi connectivity index (χ3n) is 4.46. The molecule has 0 aliphatic rings. The molecule has 0 unspecified atom stereocenters. The molecule has 1 N–H and O–H groups in total. The van der Waals surface area contributed by atoms with Gasteiger partial charge >= 0.3 is 0 Å². The normalized spacial score (nSPS) is 10.3. The number of rotatable bonds is 8. The van der Waals surface area contributed by atoms with Crippen LogP contribution in [0.15, 0.2) is 66.9 Å². The van der Waals surface area contributed by atoms with E-state index in [4.69, 9.17) is 14.2 Å². The number of halogens is 1. The molecule has 6 nitrogen and oxygen atoms in total. The summed E-state index contributed by atoms with van der Waals surface area (Å²) in [6.07, 6.45) is 6.02. The summed E-state index contributed by atoms with van der Waals surface area (Å²) in [5.74, 6) is 1.53. The molecule has 1 heterocycles. The minimum atomic E-state index is -0.261. The van der Waals surface area contributed by atoms with E-state index in [9.17, 15) is 4.79 Å². The summed E-state index contributed by atoms with van der Waals surface area (Å²) in [5.41, 5.74) is 2.71. The van der Waals surface area contributed by atoms with Gasteiger partial charge < -0.3 is 43.5 Å². The number of carbonyl (C=O) groups excluding carboxylic acids is 1. The average molecular weight is 532 g/mol. The van der Waals surface area contributed by atoms with Gasteiger partial charge in [0.15, 0.2) is 24.3 Å². The highest BCUT2D eigenvalue weighted by Crippen LogP contribution is 2.28. The van der Waals surface area contributed by atoms with Crippen LogP contribution in [0.5, 0.6) is 17.2 Å². The van der Waals surface area contributed by atoms with Crippen molar-refractivity contribution >= 4 is 23.7 Å². The maximum atomic E-state index is 12.2. The fourth-order valence-electron chi connectivity index (χ4n) is 2.81. The highest BCUT2D eigenvalue weighted by atomic mass is 127. The number of hydrogen-bond donors (Lipinski definition) is 1. The number of nitrogens with zero attached hydrogens (tertiary/aromatic N) is 1. The lowest BCUT2D eigenvalue weighted by Crippen LogP contribution is -3.00. The number of pyridine rings is 1. The minimum absolute atomic E-state index is 0. The molecular weight excluding hydrogens is 507 g/mol. The van der Waals surface area contributed by atoms with Gasteiger partial charge in [0.25, 0.3) is 5.91 Å². The number of nitrogens with one attached hydrogen (secondary N) is 1. The quantitative estimate of drug-likeness (QED) is 0.344. The van der Waals surface area contributed by atoms with E-state index in [1.54, 1.807) is 44.6 Å². The third kappa shape index (κ3) is 6.99. The Morgan fingerprint density at radius 1 is 0.968 bits per heavy atom. The van der Waals surface area contributed by atoms with Crippen LogP contribution in [-0.4, -0.2) is 26.7 Å². The first-order chi connectivity index (χ1) is 14.6. The topological polar surface area (TPSA) is 60.7 Å². The molecule has 0 saturated heterocycles. The van der Waals surface area contributed by atoms with Gasteiger partial charge in [0.05, 0.1) is 14.2 Å².